The summed E-state index contributed by atoms with van der Waals surface area (Å²) in [5.74, 6) is -1.25. The molecule has 0 bridgehead atoms. The Balaban J connectivity index is 1.68. The number of nitrogens with zero attached hydrogens (tertiary/aromatic N) is 3. The molecule has 1 aromatic heterocycles. The molecule has 1 aliphatic rings. The Labute approximate surface area is 123 Å². The first-order chi connectivity index (χ1) is 9.97. The van der Waals surface area contributed by atoms with Crippen molar-refractivity contribution in [2.75, 3.05) is 19.6 Å². The van der Waals surface area contributed by atoms with Crippen LogP contribution in [0, 0.1) is 19.8 Å². The number of urea groups is 1. The fraction of sp³-hybridized carbons (Fsp3) is 0.643. The SMILES string of the molecule is Cc1cc(C)n(CCCNC(=O)N2CCC(C(=O)O)C2)n1. The summed E-state index contributed by atoms with van der Waals surface area (Å²) in [4.78, 5) is 24.3. The minimum atomic E-state index is -0.824. The highest BCUT2D eigenvalue weighted by molar-refractivity contribution is 5.77. The van der Waals surface area contributed by atoms with Gasteiger partial charge in [-0.05, 0) is 32.8 Å². The van der Waals surface area contributed by atoms with Gasteiger partial charge in [0.15, 0.2) is 0 Å². The molecule has 1 saturated heterocycles. The monoisotopic (exact) mass is 294 g/mol. The molecule has 0 radical (unpaired) electrons. The number of carbonyl (C=O) groups is 2. The standard InChI is InChI=1S/C14H22N4O3/c1-10-8-11(2)18(16-10)6-3-5-15-14(21)17-7-4-12(9-17)13(19)20/h8,12H,3-7,9H2,1-2H3,(H,15,21)(H,19,20). The number of hydrogen-bond acceptors (Lipinski definition) is 3. The van der Waals surface area contributed by atoms with Crippen molar-refractivity contribution in [1.29, 1.82) is 0 Å². The van der Waals surface area contributed by atoms with E-state index in [-0.39, 0.29) is 6.03 Å². The maximum atomic E-state index is 11.9. The third-order valence-electron chi connectivity index (χ3n) is 3.75. The Hall–Kier alpha value is -2.05. The zero-order valence-electron chi connectivity index (χ0n) is 12.5. The number of likely N-dealkylation sites (tertiary alicyclic amines) is 1. The summed E-state index contributed by atoms with van der Waals surface area (Å²) in [6.45, 7) is 6.11. The van der Waals surface area contributed by atoms with E-state index in [1.807, 2.05) is 24.6 Å². The molecule has 0 saturated carbocycles. The highest BCUT2D eigenvalue weighted by Gasteiger charge is 2.30. The molecule has 2 N–H and O–H groups in total. The van der Waals surface area contributed by atoms with Crippen molar-refractivity contribution < 1.29 is 14.7 Å². The first kappa shape index (κ1) is 15.3. The van der Waals surface area contributed by atoms with Crippen molar-refractivity contribution in [3.63, 3.8) is 0 Å². The summed E-state index contributed by atoms with van der Waals surface area (Å²) in [5.41, 5.74) is 2.11. The van der Waals surface area contributed by atoms with Gasteiger partial charge >= 0.3 is 12.0 Å². The lowest BCUT2D eigenvalue weighted by Crippen LogP contribution is -2.39. The number of carboxylic acid groups (broad SMARTS) is 1. The molecule has 1 atom stereocenters. The lowest BCUT2D eigenvalue weighted by molar-refractivity contribution is -0.141. The summed E-state index contributed by atoms with van der Waals surface area (Å²) >= 11 is 0. The third kappa shape index (κ3) is 3.96. The number of amides is 2. The van der Waals surface area contributed by atoms with Crippen LogP contribution in [-0.2, 0) is 11.3 Å². The lowest BCUT2D eigenvalue weighted by Gasteiger charge is -2.16. The Bertz CT molecular complexity index is 526. The summed E-state index contributed by atoms with van der Waals surface area (Å²) in [6.07, 6.45) is 1.33. The van der Waals surface area contributed by atoms with Crippen molar-refractivity contribution in [3.05, 3.63) is 17.5 Å². The van der Waals surface area contributed by atoms with E-state index in [1.54, 1.807) is 4.90 Å². The predicted octanol–water partition coefficient (Wildman–Crippen LogP) is 1.01. The number of nitrogens with one attached hydrogen (secondary N) is 1. The number of carboxylic acids is 1. The normalized spacial score (nSPS) is 18.0. The number of carbonyl (C=O) groups excluding carboxylic acids is 1. The molecule has 7 heteroatoms. The van der Waals surface area contributed by atoms with Crippen LogP contribution in [0.25, 0.3) is 0 Å². The van der Waals surface area contributed by atoms with E-state index in [9.17, 15) is 9.59 Å². The fourth-order valence-corrected chi connectivity index (χ4v) is 2.58. The minimum absolute atomic E-state index is 0.174. The van der Waals surface area contributed by atoms with Gasteiger partial charge in [0.1, 0.15) is 0 Å². The first-order valence-electron chi connectivity index (χ1n) is 7.24. The molecule has 2 rings (SSSR count). The van der Waals surface area contributed by atoms with Gasteiger partial charge in [-0.3, -0.25) is 9.48 Å². The van der Waals surface area contributed by atoms with Gasteiger partial charge in [0.05, 0.1) is 11.6 Å². The van der Waals surface area contributed by atoms with Crippen LogP contribution in [0.1, 0.15) is 24.2 Å². The molecule has 1 unspecified atom stereocenters. The summed E-state index contributed by atoms with van der Waals surface area (Å²) in [6, 6.07) is 1.85. The highest BCUT2D eigenvalue weighted by atomic mass is 16.4. The van der Waals surface area contributed by atoms with Gasteiger partial charge in [0.2, 0.25) is 0 Å². The van der Waals surface area contributed by atoms with E-state index >= 15 is 0 Å². The van der Waals surface area contributed by atoms with Gasteiger partial charge in [-0.15, -0.1) is 0 Å². The summed E-state index contributed by atoms with van der Waals surface area (Å²) < 4.78 is 1.93. The Kier molecular flexibility index (Phi) is 4.82. The fourth-order valence-electron chi connectivity index (χ4n) is 2.58. The number of aliphatic carboxylic acids is 1. The average molecular weight is 294 g/mol. The maximum absolute atomic E-state index is 11.9. The second-order valence-electron chi connectivity index (χ2n) is 5.51. The van der Waals surface area contributed by atoms with E-state index in [4.69, 9.17) is 5.11 Å². The molecular weight excluding hydrogens is 272 g/mol. The van der Waals surface area contributed by atoms with Crippen LogP contribution in [0.2, 0.25) is 0 Å². The Morgan fingerprint density at radius 3 is 2.81 bits per heavy atom. The lowest BCUT2D eigenvalue weighted by atomic mass is 10.1. The highest BCUT2D eigenvalue weighted by Crippen LogP contribution is 2.16. The summed E-state index contributed by atoms with van der Waals surface area (Å²) in [5, 5.41) is 16.1. The van der Waals surface area contributed by atoms with Gasteiger partial charge in [0.25, 0.3) is 0 Å². The quantitative estimate of drug-likeness (QED) is 0.793. The molecular formula is C14H22N4O3. The van der Waals surface area contributed by atoms with Crippen molar-refractivity contribution >= 4 is 12.0 Å². The van der Waals surface area contributed by atoms with Crippen LogP contribution < -0.4 is 5.32 Å². The number of hydrogen-bond donors (Lipinski definition) is 2. The molecule has 116 valence electrons. The van der Waals surface area contributed by atoms with Crippen LogP contribution in [0.5, 0.6) is 0 Å². The predicted molar refractivity (Wildman–Crippen MR) is 77.0 cm³/mol. The van der Waals surface area contributed by atoms with Crippen molar-refractivity contribution in [1.82, 2.24) is 20.0 Å². The van der Waals surface area contributed by atoms with Gasteiger partial charge in [-0.25, -0.2) is 4.79 Å². The van der Waals surface area contributed by atoms with Gasteiger partial charge in [0, 0.05) is 31.9 Å². The van der Waals surface area contributed by atoms with Gasteiger partial charge in [-0.1, -0.05) is 0 Å². The van der Waals surface area contributed by atoms with Crippen molar-refractivity contribution in [3.8, 4) is 0 Å². The first-order valence-corrected chi connectivity index (χ1v) is 7.24. The van der Waals surface area contributed by atoms with E-state index < -0.39 is 11.9 Å². The molecule has 7 nitrogen and oxygen atoms in total. The zero-order chi connectivity index (χ0) is 15.4. The molecule has 2 amide bonds. The molecule has 0 spiro atoms. The van der Waals surface area contributed by atoms with Crippen LogP contribution in [0.15, 0.2) is 6.07 Å². The van der Waals surface area contributed by atoms with Crippen molar-refractivity contribution in [2.45, 2.75) is 33.2 Å². The number of aryl methyl sites for hydroxylation is 3. The Morgan fingerprint density at radius 1 is 1.48 bits per heavy atom. The smallest absolute Gasteiger partial charge is 0.317 e. The van der Waals surface area contributed by atoms with Crippen LogP contribution >= 0.6 is 0 Å². The summed E-state index contributed by atoms with van der Waals surface area (Å²) in [7, 11) is 0. The molecule has 0 aliphatic carbocycles. The third-order valence-corrected chi connectivity index (χ3v) is 3.75. The largest absolute Gasteiger partial charge is 0.481 e. The van der Waals surface area contributed by atoms with E-state index in [0.29, 0.717) is 26.1 Å². The molecule has 0 aromatic carbocycles. The van der Waals surface area contributed by atoms with Crippen LogP contribution in [-0.4, -0.2) is 51.4 Å². The average Bonchev–Trinajstić information content (AvgIpc) is 3.02. The molecule has 1 aliphatic heterocycles. The minimum Gasteiger partial charge on any atom is -0.481 e. The van der Waals surface area contributed by atoms with E-state index in [2.05, 4.69) is 10.4 Å². The van der Waals surface area contributed by atoms with Crippen LogP contribution in [0.4, 0.5) is 4.79 Å². The second kappa shape index (κ2) is 6.60. The van der Waals surface area contributed by atoms with Crippen LogP contribution in [0.3, 0.4) is 0 Å². The van der Waals surface area contributed by atoms with E-state index in [1.165, 1.54) is 0 Å². The zero-order valence-corrected chi connectivity index (χ0v) is 12.5. The molecule has 21 heavy (non-hydrogen) atoms. The number of aromatic nitrogens is 2. The van der Waals surface area contributed by atoms with Gasteiger partial charge < -0.3 is 15.3 Å². The van der Waals surface area contributed by atoms with Crippen molar-refractivity contribution in [2.24, 2.45) is 5.92 Å². The topological polar surface area (TPSA) is 87.5 Å². The maximum Gasteiger partial charge on any atom is 0.317 e. The van der Waals surface area contributed by atoms with E-state index in [0.717, 1.165) is 24.4 Å². The number of rotatable bonds is 5. The molecule has 1 aromatic rings. The van der Waals surface area contributed by atoms with Gasteiger partial charge in [-0.2, -0.15) is 5.10 Å². The Morgan fingerprint density at radius 2 is 2.24 bits per heavy atom. The second-order valence-corrected chi connectivity index (χ2v) is 5.51. The molecule has 1 fully saturated rings. The molecule has 2 heterocycles.